The monoisotopic (exact) mass is 249 g/mol. The van der Waals surface area contributed by atoms with E-state index in [-0.39, 0.29) is 5.91 Å². The number of nitrogens with two attached hydrogens (primary N) is 1. The summed E-state index contributed by atoms with van der Waals surface area (Å²) < 4.78 is 1.90. The molecule has 0 saturated heterocycles. The largest absolute Gasteiger partial charge is 0.352 e. The van der Waals surface area contributed by atoms with E-state index in [9.17, 15) is 4.79 Å². The molecule has 1 fully saturated rings. The summed E-state index contributed by atoms with van der Waals surface area (Å²) in [6.07, 6.45) is 11.2. The van der Waals surface area contributed by atoms with Gasteiger partial charge in [-0.15, -0.1) is 0 Å². The zero-order valence-electron chi connectivity index (χ0n) is 10.9. The second-order valence-corrected chi connectivity index (χ2v) is 5.15. The van der Waals surface area contributed by atoms with Crippen LogP contribution in [0.2, 0.25) is 0 Å². The minimum absolute atomic E-state index is 0.112. The van der Waals surface area contributed by atoms with Crippen LogP contribution in [0.1, 0.15) is 44.1 Å². The summed E-state index contributed by atoms with van der Waals surface area (Å²) in [7, 11) is 0. The Balaban J connectivity index is 1.80. The summed E-state index contributed by atoms with van der Waals surface area (Å²) in [6.45, 7) is 0.924. The molecule has 0 bridgehead atoms. The molecule has 3 N–H and O–H groups in total. The highest BCUT2D eigenvalue weighted by Crippen LogP contribution is 2.17. The fraction of sp³-hybridized carbons (Fsp3) is 0.643. The highest BCUT2D eigenvalue weighted by Gasteiger charge is 2.14. The average molecular weight is 249 g/mol. The van der Waals surface area contributed by atoms with E-state index in [1.54, 1.807) is 0 Å². The third-order valence-corrected chi connectivity index (χ3v) is 3.59. The summed E-state index contributed by atoms with van der Waals surface area (Å²) in [5.41, 5.74) is 6.61. The molecular weight excluding hydrogens is 226 g/mol. The van der Waals surface area contributed by atoms with Crippen LogP contribution in [0.4, 0.5) is 0 Å². The minimum Gasteiger partial charge on any atom is -0.352 e. The Bertz CT molecular complexity index is 378. The third-order valence-electron chi connectivity index (χ3n) is 3.59. The van der Waals surface area contributed by atoms with E-state index in [2.05, 4.69) is 5.32 Å². The van der Waals surface area contributed by atoms with E-state index in [0.29, 0.717) is 19.1 Å². The first-order valence-corrected chi connectivity index (χ1v) is 6.92. The number of carbonyl (C=O) groups is 1. The number of carbonyl (C=O) groups excluding carboxylic acids is 1. The molecular formula is C14H23N3O. The summed E-state index contributed by atoms with van der Waals surface area (Å²) in [5.74, 6) is 0.112. The molecule has 0 aromatic carbocycles. The first-order chi connectivity index (χ1) is 8.78. The van der Waals surface area contributed by atoms with Crippen LogP contribution in [0.15, 0.2) is 18.5 Å². The van der Waals surface area contributed by atoms with Gasteiger partial charge in [0.1, 0.15) is 6.54 Å². The normalized spacial score (nSPS) is 17.4. The molecule has 1 heterocycles. The maximum absolute atomic E-state index is 11.9. The predicted octanol–water partition coefficient (Wildman–Crippen LogP) is 1.79. The van der Waals surface area contributed by atoms with E-state index in [1.165, 1.54) is 25.7 Å². The Hall–Kier alpha value is -1.29. The number of amides is 1. The topological polar surface area (TPSA) is 60.0 Å². The van der Waals surface area contributed by atoms with Crippen LogP contribution in [0.5, 0.6) is 0 Å². The van der Waals surface area contributed by atoms with Crippen LogP contribution in [0.25, 0.3) is 0 Å². The van der Waals surface area contributed by atoms with Crippen LogP contribution in [0, 0.1) is 0 Å². The van der Waals surface area contributed by atoms with E-state index >= 15 is 0 Å². The van der Waals surface area contributed by atoms with Crippen molar-refractivity contribution >= 4 is 5.91 Å². The van der Waals surface area contributed by atoms with Gasteiger partial charge in [-0.3, -0.25) is 4.79 Å². The van der Waals surface area contributed by atoms with Crippen LogP contribution in [0.3, 0.4) is 0 Å². The molecule has 1 aliphatic rings. The van der Waals surface area contributed by atoms with Crippen molar-refractivity contribution in [1.82, 2.24) is 9.88 Å². The summed E-state index contributed by atoms with van der Waals surface area (Å²) in [6, 6.07) is 2.34. The van der Waals surface area contributed by atoms with Gasteiger partial charge in [-0.25, -0.2) is 0 Å². The van der Waals surface area contributed by atoms with Crippen molar-refractivity contribution < 1.29 is 4.79 Å². The van der Waals surface area contributed by atoms with Crippen LogP contribution in [-0.4, -0.2) is 16.5 Å². The van der Waals surface area contributed by atoms with E-state index < -0.39 is 0 Å². The number of aromatic nitrogens is 1. The fourth-order valence-electron chi connectivity index (χ4n) is 2.57. The molecule has 1 aromatic heterocycles. The zero-order chi connectivity index (χ0) is 12.8. The van der Waals surface area contributed by atoms with Gasteiger partial charge in [-0.2, -0.15) is 0 Å². The number of hydrogen-bond donors (Lipinski definition) is 2. The maximum Gasteiger partial charge on any atom is 0.240 e. The Morgan fingerprint density at radius 1 is 1.33 bits per heavy atom. The Morgan fingerprint density at radius 3 is 2.67 bits per heavy atom. The molecule has 0 aliphatic heterocycles. The molecule has 0 radical (unpaired) electrons. The van der Waals surface area contributed by atoms with Gasteiger partial charge >= 0.3 is 0 Å². The first-order valence-electron chi connectivity index (χ1n) is 6.92. The average Bonchev–Trinajstić information content (AvgIpc) is 2.65. The molecule has 4 heteroatoms. The van der Waals surface area contributed by atoms with Crippen molar-refractivity contribution in [2.75, 3.05) is 0 Å². The molecule has 0 unspecified atom stereocenters. The number of nitrogens with zero attached hydrogens (tertiary/aromatic N) is 1. The van der Waals surface area contributed by atoms with Gasteiger partial charge in [0.15, 0.2) is 0 Å². The molecule has 1 amide bonds. The lowest BCUT2D eigenvalue weighted by Crippen LogP contribution is -2.36. The van der Waals surface area contributed by atoms with Gasteiger partial charge < -0.3 is 15.6 Å². The molecule has 2 rings (SSSR count). The van der Waals surface area contributed by atoms with Gasteiger partial charge in [-0.1, -0.05) is 25.7 Å². The number of hydrogen-bond acceptors (Lipinski definition) is 2. The van der Waals surface area contributed by atoms with Crippen LogP contribution >= 0.6 is 0 Å². The number of rotatable bonds is 4. The quantitative estimate of drug-likeness (QED) is 0.799. The molecule has 0 atom stereocenters. The molecule has 1 saturated carbocycles. The van der Waals surface area contributed by atoms with Crippen molar-refractivity contribution in [1.29, 1.82) is 0 Å². The van der Waals surface area contributed by atoms with Crippen molar-refractivity contribution in [2.24, 2.45) is 5.73 Å². The van der Waals surface area contributed by atoms with Crippen molar-refractivity contribution in [3.8, 4) is 0 Å². The fourth-order valence-corrected chi connectivity index (χ4v) is 2.57. The molecule has 100 valence electrons. The van der Waals surface area contributed by atoms with Gasteiger partial charge in [0.05, 0.1) is 0 Å². The standard InChI is InChI=1S/C14H23N3O/c15-9-12-7-8-17(10-12)11-14(18)16-13-5-3-1-2-4-6-13/h7-8,10,13H,1-6,9,11,15H2,(H,16,18). The lowest BCUT2D eigenvalue weighted by Gasteiger charge is -2.16. The van der Waals surface area contributed by atoms with E-state index in [0.717, 1.165) is 18.4 Å². The predicted molar refractivity (Wildman–Crippen MR) is 72.0 cm³/mol. The third kappa shape index (κ3) is 3.88. The van der Waals surface area contributed by atoms with E-state index in [1.807, 2.05) is 23.0 Å². The second-order valence-electron chi connectivity index (χ2n) is 5.15. The van der Waals surface area contributed by atoms with Crippen LogP contribution in [-0.2, 0) is 17.9 Å². The molecule has 4 nitrogen and oxygen atoms in total. The minimum atomic E-state index is 0.112. The lowest BCUT2D eigenvalue weighted by molar-refractivity contribution is -0.122. The highest BCUT2D eigenvalue weighted by molar-refractivity contribution is 5.76. The summed E-state index contributed by atoms with van der Waals surface area (Å²) in [5, 5.41) is 3.14. The van der Waals surface area contributed by atoms with Crippen LogP contribution < -0.4 is 11.1 Å². The smallest absolute Gasteiger partial charge is 0.240 e. The molecule has 1 aromatic rings. The lowest BCUT2D eigenvalue weighted by atomic mass is 10.1. The summed E-state index contributed by atoms with van der Waals surface area (Å²) >= 11 is 0. The Labute approximate surface area is 109 Å². The SMILES string of the molecule is NCc1ccn(CC(=O)NC2CCCCCC2)c1. The highest BCUT2D eigenvalue weighted by atomic mass is 16.2. The zero-order valence-corrected chi connectivity index (χ0v) is 10.9. The van der Waals surface area contributed by atoms with Gasteiger partial charge in [0.25, 0.3) is 0 Å². The van der Waals surface area contributed by atoms with E-state index in [4.69, 9.17) is 5.73 Å². The Kier molecular flexibility index (Phi) is 4.81. The van der Waals surface area contributed by atoms with Crippen molar-refractivity contribution in [2.45, 2.75) is 57.7 Å². The summed E-state index contributed by atoms with van der Waals surface area (Å²) in [4.78, 5) is 11.9. The Morgan fingerprint density at radius 2 is 2.06 bits per heavy atom. The van der Waals surface area contributed by atoms with Crippen molar-refractivity contribution in [3.05, 3.63) is 24.0 Å². The number of nitrogens with one attached hydrogen (secondary N) is 1. The molecule has 0 spiro atoms. The van der Waals surface area contributed by atoms with Gasteiger partial charge in [0, 0.05) is 25.0 Å². The molecule has 1 aliphatic carbocycles. The first kappa shape index (κ1) is 13.1. The maximum atomic E-state index is 11.9. The van der Waals surface area contributed by atoms with Gasteiger partial charge in [-0.05, 0) is 24.5 Å². The van der Waals surface area contributed by atoms with Crippen molar-refractivity contribution in [3.63, 3.8) is 0 Å². The van der Waals surface area contributed by atoms with Gasteiger partial charge in [0.2, 0.25) is 5.91 Å². The molecule has 18 heavy (non-hydrogen) atoms. The second kappa shape index (κ2) is 6.59.